The molecule has 8 nitrogen and oxygen atoms in total. The van der Waals surface area contributed by atoms with Crippen LogP contribution in [0.1, 0.15) is 6.42 Å². The van der Waals surface area contributed by atoms with E-state index in [2.05, 4.69) is 4.90 Å². The maximum Gasteiger partial charge on any atom is 0.264 e. The Balaban J connectivity index is 2.21. The van der Waals surface area contributed by atoms with E-state index in [1.807, 2.05) is 19.5 Å². The van der Waals surface area contributed by atoms with Gasteiger partial charge in [0, 0.05) is 11.6 Å². The molecule has 0 unspecified atom stereocenters. The van der Waals surface area contributed by atoms with Crippen LogP contribution in [0.3, 0.4) is 0 Å². The number of anilines is 1. The second-order valence-corrected chi connectivity index (χ2v) is 8.83. The Morgan fingerprint density at radius 3 is 2.28 bits per heavy atom. The average molecular weight is 441 g/mol. The van der Waals surface area contributed by atoms with E-state index in [-0.39, 0.29) is 4.90 Å². The van der Waals surface area contributed by atoms with Gasteiger partial charge in [0.05, 0.1) is 17.2 Å². The van der Waals surface area contributed by atoms with E-state index < -0.39 is 22.5 Å². The van der Waals surface area contributed by atoms with Crippen LogP contribution in [0.4, 0.5) is 5.69 Å². The Hall–Kier alpha value is -2.33. The van der Waals surface area contributed by atoms with Crippen molar-refractivity contribution in [2.45, 2.75) is 11.3 Å². The van der Waals surface area contributed by atoms with Gasteiger partial charge in [-0.1, -0.05) is 11.6 Å². The largest absolute Gasteiger partial charge is 0.494 e. The fraction of sp³-hybridized carbons (Fsp3) is 0.316. The number of halogens is 1. The van der Waals surface area contributed by atoms with Gasteiger partial charge < -0.3 is 9.64 Å². The number of hydrogen-bond donors (Lipinski definition) is 2. The van der Waals surface area contributed by atoms with Crippen molar-refractivity contribution in [3.8, 4) is 5.75 Å². The summed E-state index contributed by atoms with van der Waals surface area (Å²) in [5, 5.41) is 0.449. The Kier molecular flexibility index (Phi) is 8.27. The van der Waals surface area contributed by atoms with Gasteiger partial charge in [-0.25, -0.2) is 14.3 Å². The highest BCUT2D eigenvalue weighted by Crippen LogP contribution is 2.26. The zero-order chi connectivity index (χ0) is 21.4. The van der Waals surface area contributed by atoms with E-state index in [1.54, 1.807) is 24.3 Å². The summed E-state index contributed by atoms with van der Waals surface area (Å²) in [6.07, 6.45) is 0.853. The molecule has 0 spiro atoms. The van der Waals surface area contributed by atoms with Gasteiger partial charge in [0.2, 0.25) is 0 Å². The number of ether oxygens (including phenoxy) is 1. The monoisotopic (exact) mass is 440 g/mol. The molecule has 0 heterocycles. The van der Waals surface area contributed by atoms with Crippen LogP contribution in [0.25, 0.3) is 0 Å². The molecule has 0 aromatic heterocycles. The number of hydrazine groups is 1. The Morgan fingerprint density at radius 2 is 1.72 bits per heavy atom. The minimum Gasteiger partial charge on any atom is -0.494 e. The molecular formula is C19H25ClN4O4S. The standard InChI is InChI=1S/C19H25ClN4O4S/c1-23(2)12-3-13-28-17-8-10-18(11-9-17)29(26,27)24(14-19(25)22-21)16-6-4-15(20)5-7-16/h4-11H,3,12-14,21H2,1-2H3,(H,22,25). The molecule has 0 aliphatic rings. The summed E-state index contributed by atoms with van der Waals surface area (Å²) < 4.78 is 32.9. The van der Waals surface area contributed by atoms with Crippen molar-refractivity contribution < 1.29 is 17.9 Å². The molecular weight excluding hydrogens is 416 g/mol. The lowest BCUT2D eigenvalue weighted by molar-refractivity contribution is -0.119. The quantitative estimate of drug-likeness (QED) is 0.253. The van der Waals surface area contributed by atoms with Crippen molar-refractivity contribution in [2.75, 3.05) is 38.1 Å². The summed E-state index contributed by atoms with van der Waals surface area (Å²) in [4.78, 5) is 13.9. The van der Waals surface area contributed by atoms with Crippen molar-refractivity contribution in [2.24, 2.45) is 5.84 Å². The van der Waals surface area contributed by atoms with E-state index in [0.29, 0.717) is 23.1 Å². The number of nitrogens with one attached hydrogen (secondary N) is 1. The first-order valence-electron chi connectivity index (χ1n) is 8.89. The van der Waals surface area contributed by atoms with E-state index in [9.17, 15) is 13.2 Å². The molecule has 0 radical (unpaired) electrons. The lowest BCUT2D eigenvalue weighted by Gasteiger charge is -2.24. The third-order valence-electron chi connectivity index (χ3n) is 3.99. The van der Waals surface area contributed by atoms with Crippen LogP contribution >= 0.6 is 11.6 Å². The summed E-state index contributed by atoms with van der Waals surface area (Å²) in [6, 6.07) is 12.2. The minimum atomic E-state index is -4.01. The number of sulfonamides is 1. The van der Waals surface area contributed by atoms with E-state index in [4.69, 9.17) is 22.2 Å². The van der Waals surface area contributed by atoms with Crippen LogP contribution in [0.15, 0.2) is 53.4 Å². The smallest absolute Gasteiger partial charge is 0.264 e. The second kappa shape index (κ2) is 10.4. The van der Waals surface area contributed by atoms with Gasteiger partial charge in [0.25, 0.3) is 15.9 Å². The molecule has 2 aromatic carbocycles. The van der Waals surface area contributed by atoms with Crippen LogP contribution in [0.2, 0.25) is 5.02 Å². The molecule has 158 valence electrons. The predicted octanol–water partition coefficient (Wildman–Crippen LogP) is 1.86. The first-order chi connectivity index (χ1) is 13.7. The number of rotatable bonds is 10. The molecule has 1 amide bonds. The third-order valence-corrected chi connectivity index (χ3v) is 6.03. The highest BCUT2D eigenvalue weighted by atomic mass is 35.5. The maximum absolute atomic E-state index is 13.1. The van der Waals surface area contributed by atoms with Crippen LogP contribution < -0.4 is 20.3 Å². The summed E-state index contributed by atoms with van der Waals surface area (Å²) in [7, 11) is -0.0473. The van der Waals surface area contributed by atoms with Gasteiger partial charge in [-0.3, -0.25) is 14.5 Å². The minimum absolute atomic E-state index is 0.0258. The first kappa shape index (κ1) is 23.0. The van der Waals surface area contributed by atoms with Gasteiger partial charge >= 0.3 is 0 Å². The lowest BCUT2D eigenvalue weighted by Crippen LogP contribution is -2.43. The number of hydrogen-bond acceptors (Lipinski definition) is 6. The first-order valence-corrected chi connectivity index (χ1v) is 10.7. The van der Waals surface area contributed by atoms with Crippen LogP contribution in [0.5, 0.6) is 5.75 Å². The Labute approximate surface area is 176 Å². The normalized spacial score (nSPS) is 11.3. The SMILES string of the molecule is CN(C)CCCOc1ccc(S(=O)(=O)N(CC(=O)NN)c2ccc(Cl)cc2)cc1. The van der Waals surface area contributed by atoms with Crippen molar-refractivity contribution in [3.05, 3.63) is 53.6 Å². The summed E-state index contributed by atoms with van der Waals surface area (Å²) in [5.74, 6) is 5.06. The van der Waals surface area contributed by atoms with Crippen molar-refractivity contribution in [1.82, 2.24) is 10.3 Å². The molecule has 0 saturated heterocycles. The topological polar surface area (TPSA) is 105 Å². The molecule has 0 saturated carbocycles. The fourth-order valence-electron chi connectivity index (χ4n) is 2.50. The summed E-state index contributed by atoms with van der Waals surface area (Å²) in [5.41, 5.74) is 2.24. The number of benzene rings is 2. The number of nitrogens with zero attached hydrogens (tertiary/aromatic N) is 2. The molecule has 0 aliphatic carbocycles. The van der Waals surface area contributed by atoms with Crippen molar-refractivity contribution in [1.29, 1.82) is 0 Å². The van der Waals surface area contributed by atoms with Crippen molar-refractivity contribution in [3.63, 3.8) is 0 Å². The number of carbonyl (C=O) groups excluding carboxylic acids is 1. The van der Waals surface area contributed by atoms with Gasteiger partial charge in [0.15, 0.2) is 0 Å². The second-order valence-electron chi connectivity index (χ2n) is 6.53. The number of amides is 1. The fourth-order valence-corrected chi connectivity index (χ4v) is 4.05. The molecule has 2 rings (SSSR count). The van der Waals surface area contributed by atoms with Crippen LogP contribution in [-0.4, -0.2) is 53.0 Å². The van der Waals surface area contributed by atoms with Crippen molar-refractivity contribution >= 4 is 33.2 Å². The molecule has 0 bridgehead atoms. The third kappa shape index (κ3) is 6.60. The molecule has 0 aliphatic heterocycles. The zero-order valence-corrected chi connectivity index (χ0v) is 17.9. The van der Waals surface area contributed by atoms with Crippen LogP contribution in [-0.2, 0) is 14.8 Å². The highest BCUT2D eigenvalue weighted by Gasteiger charge is 2.27. The molecule has 0 fully saturated rings. The van der Waals surface area contributed by atoms with E-state index in [1.165, 1.54) is 24.3 Å². The summed E-state index contributed by atoms with van der Waals surface area (Å²) >= 11 is 5.88. The Bertz CT molecular complexity index is 903. The molecule has 0 atom stereocenters. The lowest BCUT2D eigenvalue weighted by atomic mass is 10.3. The zero-order valence-electron chi connectivity index (χ0n) is 16.3. The average Bonchev–Trinajstić information content (AvgIpc) is 2.70. The van der Waals surface area contributed by atoms with Crippen LogP contribution in [0, 0.1) is 0 Å². The number of nitrogens with two attached hydrogens (primary N) is 1. The van der Waals surface area contributed by atoms with Gasteiger partial charge in [-0.05, 0) is 69.0 Å². The predicted molar refractivity (Wildman–Crippen MR) is 113 cm³/mol. The highest BCUT2D eigenvalue weighted by molar-refractivity contribution is 7.92. The number of carbonyl (C=O) groups is 1. The molecule has 29 heavy (non-hydrogen) atoms. The van der Waals surface area contributed by atoms with Gasteiger partial charge in [-0.2, -0.15) is 0 Å². The molecule has 2 aromatic rings. The molecule has 3 N–H and O–H groups in total. The Morgan fingerprint density at radius 1 is 1.10 bits per heavy atom. The van der Waals surface area contributed by atoms with E-state index in [0.717, 1.165) is 17.3 Å². The van der Waals surface area contributed by atoms with Gasteiger partial charge in [0.1, 0.15) is 12.3 Å². The maximum atomic E-state index is 13.1. The van der Waals surface area contributed by atoms with E-state index >= 15 is 0 Å². The molecule has 10 heteroatoms. The summed E-state index contributed by atoms with van der Waals surface area (Å²) in [6.45, 7) is 0.951. The van der Waals surface area contributed by atoms with Gasteiger partial charge in [-0.15, -0.1) is 0 Å².